The highest BCUT2D eigenvalue weighted by Gasteiger charge is 1.95. The van der Waals surface area contributed by atoms with Gasteiger partial charge in [0.1, 0.15) is 12.4 Å². The van der Waals surface area contributed by atoms with E-state index in [0.717, 1.165) is 36.3 Å². The van der Waals surface area contributed by atoms with E-state index in [1.165, 1.54) is 0 Å². The van der Waals surface area contributed by atoms with Gasteiger partial charge in [-0.1, -0.05) is 0 Å². The van der Waals surface area contributed by atoms with E-state index >= 15 is 0 Å². The zero-order valence-corrected chi connectivity index (χ0v) is 11.0. The number of hydrogen-bond acceptors (Lipinski definition) is 4. The third kappa shape index (κ3) is 6.05. The van der Waals surface area contributed by atoms with Crippen LogP contribution in [0.3, 0.4) is 0 Å². The first-order valence-corrected chi connectivity index (χ1v) is 6.05. The number of methoxy groups -OCH3 is 1. The van der Waals surface area contributed by atoms with E-state index in [-0.39, 0.29) is 0 Å². The molecule has 0 saturated carbocycles. The highest BCUT2D eigenvalue weighted by molar-refractivity contribution is 9.10. The Morgan fingerprint density at radius 3 is 2.94 bits per heavy atom. The lowest BCUT2D eigenvalue weighted by Gasteiger charge is -2.07. The number of nitrogens with one attached hydrogen (secondary N) is 1. The Morgan fingerprint density at radius 1 is 1.31 bits per heavy atom. The summed E-state index contributed by atoms with van der Waals surface area (Å²) in [6.45, 7) is 3.22. The summed E-state index contributed by atoms with van der Waals surface area (Å²) in [5.41, 5.74) is 0. The molecule has 1 rings (SSSR count). The van der Waals surface area contributed by atoms with Crippen molar-refractivity contribution in [1.29, 1.82) is 0 Å². The maximum Gasteiger partial charge on any atom is 0.138 e. The Balaban J connectivity index is 2.03. The maximum atomic E-state index is 5.51. The van der Waals surface area contributed by atoms with Crippen LogP contribution < -0.4 is 10.1 Å². The molecule has 0 aliphatic carbocycles. The lowest BCUT2D eigenvalue weighted by atomic mass is 10.4. The van der Waals surface area contributed by atoms with Crippen molar-refractivity contribution in [2.24, 2.45) is 0 Å². The largest absolute Gasteiger partial charge is 0.491 e. The van der Waals surface area contributed by atoms with Crippen LogP contribution >= 0.6 is 15.9 Å². The Kier molecular flexibility index (Phi) is 7.12. The van der Waals surface area contributed by atoms with Gasteiger partial charge in [-0.25, -0.2) is 0 Å². The van der Waals surface area contributed by atoms with Gasteiger partial charge in [0, 0.05) is 30.9 Å². The van der Waals surface area contributed by atoms with Gasteiger partial charge >= 0.3 is 0 Å². The SMILES string of the molecule is COCCCNCCOc1cncc(Br)c1. The average molecular weight is 289 g/mol. The van der Waals surface area contributed by atoms with Gasteiger partial charge in [0.2, 0.25) is 0 Å². The van der Waals surface area contributed by atoms with Crippen LogP contribution in [0.25, 0.3) is 0 Å². The number of hydrogen-bond donors (Lipinski definition) is 1. The molecule has 0 unspecified atom stereocenters. The molecule has 90 valence electrons. The normalized spacial score (nSPS) is 10.4. The third-order valence-electron chi connectivity index (χ3n) is 1.93. The predicted octanol–water partition coefficient (Wildman–Crippen LogP) is 1.85. The van der Waals surface area contributed by atoms with Crippen molar-refractivity contribution in [1.82, 2.24) is 10.3 Å². The van der Waals surface area contributed by atoms with Crippen molar-refractivity contribution in [2.75, 3.05) is 33.4 Å². The summed E-state index contributed by atoms with van der Waals surface area (Å²) in [5.74, 6) is 0.785. The van der Waals surface area contributed by atoms with Gasteiger partial charge in [-0.2, -0.15) is 0 Å². The molecule has 1 aromatic rings. The zero-order chi connectivity index (χ0) is 11.6. The molecule has 0 amide bonds. The van der Waals surface area contributed by atoms with Gasteiger partial charge in [-0.15, -0.1) is 0 Å². The van der Waals surface area contributed by atoms with Gasteiger partial charge in [-0.3, -0.25) is 4.98 Å². The van der Waals surface area contributed by atoms with E-state index < -0.39 is 0 Å². The van der Waals surface area contributed by atoms with Crippen LogP contribution in [0.4, 0.5) is 0 Å². The second kappa shape index (κ2) is 8.50. The van der Waals surface area contributed by atoms with Crippen LogP contribution in [0.5, 0.6) is 5.75 Å². The average Bonchev–Trinajstić information content (AvgIpc) is 2.28. The number of nitrogens with zero attached hydrogens (tertiary/aromatic N) is 1. The van der Waals surface area contributed by atoms with Crippen LogP contribution in [-0.2, 0) is 4.74 Å². The summed E-state index contributed by atoms with van der Waals surface area (Å²) < 4.78 is 11.4. The van der Waals surface area contributed by atoms with Crippen molar-refractivity contribution in [2.45, 2.75) is 6.42 Å². The maximum absolute atomic E-state index is 5.51. The van der Waals surface area contributed by atoms with Crippen LogP contribution in [0.15, 0.2) is 22.9 Å². The van der Waals surface area contributed by atoms with Crippen molar-refractivity contribution >= 4 is 15.9 Å². The van der Waals surface area contributed by atoms with E-state index in [2.05, 4.69) is 26.2 Å². The first-order chi connectivity index (χ1) is 7.83. The Hall–Kier alpha value is -0.650. The van der Waals surface area contributed by atoms with E-state index in [9.17, 15) is 0 Å². The van der Waals surface area contributed by atoms with E-state index in [0.29, 0.717) is 6.61 Å². The first kappa shape index (κ1) is 13.4. The van der Waals surface area contributed by atoms with Crippen LogP contribution in [0.1, 0.15) is 6.42 Å². The monoisotopic (exact) mass is 288 g/mol. The minimum absolute atomic E-state index is 0.644. The fraction of sp³-hybridized carbons (Fsp3) is 0.545. The molecule has 0 fully saturated rings. The second-order valence-corrected chi connectivity index (χ2v) is 4.20. The Morgan fingerprint density at radius 2 is 2.19 bits per heavy atom. The van der Waals surface area contributed by atoms with E-state index in [4.69, 9.17) is 9.47 Å². The van der Waals surface area contributed by atoms with E-state index in [1.54, 1.807) is 19.5 Å². The van der Waals surface area contributed by atoms with E-state index in [1.807, 2.05) is 6.07 Å². The van der Waals surface area contributed by atoms with Gasteiger partial charge < -0.3 is 14.8 Å². The molecule has 0 radical (unpaired) electrons. The summed E-state index contributed by atoms with van der Waals surface area (Å²) >= 11 is 3.34. The molecule has 1 heterocycles. The molecular formula is C11H17BrN2O2. The Labute approximate surface area is 104 Å². The number of aromatic nitrogens is 1. The molecule has 5 heteroatoms. The number of pyridine rings is 1. The number of halogens is 1. The van der Waals surface area contributed by atoms with Crippen molar-refractivity contribution in [3.8, 4) is 5.75 Å². The molecular weight excluding hydrogens is 272 g/mol. The van der Waals surface area contributed by atoms with Crippen molar-refractivity contribution < 1.29 is 9.47 Å². The summed E-state index contributed by atoms with van der Waals surface area (Å²) in [4.78, 5) is 4.01. The number of rotatable bonds is 8. The smallest absolute Gasteiger partial charge is 0.138 e. The fourth-order valence-electron chi connectivity index (χ4n) is 1.18. The van der Waals surface area contributed by atoms with Gasteiger partial charge in [0.25, 0.3) is 0 Å². The summed E-state index contributed by atoms with van der Waals surface area (Å²) in [6.07, 6.45) is 4.46. The topological polar surface area (TPSA) is 43.4 Å². The molecule has 0 saturated heterocycles. The molecule has 1 N–H and O–H groups in total. The standard InChI is InChI=1S/C11H17BrN2O2/c1-15-5-2-3-13-4-6-16-11-7-10(12)8-14-9-11/h7-9,13H,2-6H2,1H3. The van der Waals surface area contributed by atoms with Crippen molar-refractivity contribution in [3.63, 3.8) is 0 Å². The molecule has 0 spiro atoms. The first-order valence-electron chi connectivity index (χ1n) is 5.26. The molecule has 1 aromatic heterocycles. The number of ether oxygens (including phenoxy) is 2. The summed E-state index contributed by atoms with van der Waals surface area (Å²) in [6, 6.07) is 1.90. The lowest BCUT2D eigenvalue weighted by Crippen LogP contribution is -2.22. The van der Waals surface area contributed by atoms with Gasteiger partial charge in [0.15, 0.2) is 0 Å². The molecule has 0 aliphatic rings. The third-order valence-corrected chi connectivity index (χ3v) is 2.36. The summed E-state index contributed by atoms with van der Waals surface area (Å²) in [7, 11) is 1.71. The fourth-order valence-corrected chi connectivity index (χ4v) is 1.52. The van der Waals surface area contributed by atoms with Crippen LogP contribution in [0.2, 0.25) is 0 Å². The molecule has 0 aromatic carbocycles. The molecule has 16 heavy (non-hydrogen) atoms. The quantitative estimate of drug-likeness (QED) is 0.742. The predicted molar refractivity (Wildman–Crippen MR) is 66.8 cm³/mol. The molecule has 0 atom stereocenters. The van der Waals surface area contributed by atoms with Gasteiger partial charge in [0.05, 0.1) is 6.20 Å². The van der Waals surface area contributed by atoms with Crippen LogP contribution in [-0.4, -0.2) is 38.4 Å². The zero-order valence-electron chi connectivity index (χ0n) is 9.41. The molecule has 0 aliphatic heterocycles. The highest BCUT2D eigenvalue weighted by atomic mass is 79.9. The van der Waals surface area contributed by atoms with Gasteiger partial charge in [-0.05, 0) is 35.0 Å². The lowest BCUT2D eigenvalue weighted by molar-refractivity contribution is 0.193. The second-order valence-electron chi connectivity index (χ2n) is 3.28. The van der Waals surface area contributed by atoms with Crippen molar-refractivity contribution in [3.05, 3.63) is 22.9 Å². The molecule has 4 nitrogen and oxygen atoms in total. The summed E-state index contributed by atoms with van der Waals surface area (Å²) in [5, 5.41) is 3.27. The molecule has 0 bridgehead atoms. The Bertz CT molecular complexity index is 297. The van der Waals surface area contributed by atoms with Crippen LogP contribution in [0, 0.1) is 0 Å². The minimum atomic E-state index is 0.644. The minimum Gasteiger partial charge on any atom is -0.491 e. The highest BCUT2D eigenvalue weighted by Crippen LogP contribution is 2.15.